The van der Waals surface area contributed by atoms with E-state index in [0.29, 0.717) is 22.0 Å². The van der Waals surface area contributed by atoms with E-state index >= 15 is 0 Å². The Morgan fingerprint density at radius 3 is 2.84 bits per heavy atom. The number of nitriles is 1. The monoisotopic (exact) mass is 450 g/mol. The molecule has 4 rings (SSSR count). The first-order valence-corrected chi connectivity index (χ1v) is 12.2. The van der Waals surface area contributed by atoms with E-state index in [1.807, 2.05) is 36.9 Å². The summed E-state index contributed by atoms with van der Waals surface area (Å²) in [6.07, 6.45) is 4.69. The standard InChI is InChI=1S/C25H30N4O2S/c1-15(2)27-24(31)19-6-4-8-21-17(19)7-5-11-29(21)14-23(30)28-25-20(13-26)18-10-9-16(3)12-22(18)32-25/h4,6,8,15-16H,5,7,9-12,14H2,1-3H3,(H,27,31)(H,28,30). The van der Waals surface area contributed by atoms with E-state index in [1.165, 1.54) is 4.88 Å². The van der Waals surface area contributed by atoms with Gasteiger partial charge in [0.05, 0.1) is 12.1 Å². The Morgan fingerprint density at radius 2 is 2.09 bits per heavy atom. The molecule has 1 aromatic carbocycles. The average Bonchev–Trinajstić information content (AvgIpc) is 3.08. The molecule has 1 atom stereocenters. The van der Waals surface area contributed by atoms with Crippen LogP contribution < -0.4 is 15.5 Å². The van der Waals surface area contributed by atoms with Crippen molar-refractivity contribution in [3.05, 3.63) is 45.3 Å². The summed E-state index contributed by atoms with van der Waals surface area (Å²) in [4.78, 5) is 28.9. The van der Waals surface area contributed by atoms with Gasteiger partial charge in [-0.05, 0) is 75.1 Å². The number of amides is 2. The van der Waals surface area contributed by atoms with Crippen LogP contribution in [0.3, 0.4) is 0 Å². The van der Waals surface area contributed by atoms with Crippen molar-refractivity contribution in [3.63, 3.8) is 0 Å². The molecule has 0 radical (unpaired) electrons. The van der Waals surface area contributed by atoms with Gasteiger partial charge in [-0.15, -0.1) is 11.3 Å². The maximum atomic E-state index is 13.0. The molecule has 32 heavy (non-hydrogen) atoms. The predicted octanol–water partition coefficient (Wildman–Crippen LogP) is 4.27. The largest absolute Gasteiger partial charge is 0.362 e. The summed E-state index contributed by atoms with van der Waals surface area (Å²) < 4.78 is 0. The summed E-state index contributed by atoms with van der Waals surface area (Å²) >= 11 is 1.55. The van der Waals surface area contributed by atoms with Crippen molar-refractivity contribution in [3.8, 4) is 6.07 Å². The van der Waals surface area contributed by atoms with Crippen LogP contribution in [0.1, 0.15) is 65.5 Å². The van der Waals surface area contributed by atoms with Crippen molar-refractivity contribution < 1.29 is 9.59 Å². The molecule has 1 aromatic heterocycles. The Bertz CT molecular complexity index is 1080. The quantitative estimate of drug-likeness (QED) is 0.712. The van der Waals surface area contributed by atoms with Crippen LogP contribution in [-0.4, -0.2) is 30.9 Å². The Hall–Kier alpha value is -2.85. The highest BCUT2D eigenvalue weighted by atomic mass is 32.1. The molecule has 2 heterocycles. The third-order valence-corrected chi connectivity index (χ3v) is 7.39. The van der Waals surface area contributed by atoms with E-state index < -0.39 is 0 Å². The summed E-state index contributed by atoms with van der Waals surface area (Å²) in [5, 5.41) is 16.4. The molecular formula is C25H30N4O2S. The molecule has 6 nitrogen and oxygen atoms in total. The highest BCUT2D eigenvalue weighted by molar-refractivity contribution is 7.16. The first kappa shape index (κ1) is 22.3. The molecule has 0 bridgehead atoms. The number of anilines is 2. The van der Waals surface area contributed by atoms with Crippen molar-refractivity contribution in [1.29, 1.82) is 5.26 Å². The fraction of sp³-hybridized carbons (Fsp3) is 0.480. The SMILES string of the molecule is CC1CCc2c(sc(NC(=O)CN3CCCc4c(C(=O)NC(C)C)cccc43)c2C#N)C1. The number of nitrogens with zero attached hydrogens (tertiary/aromatic N) is 2. The van der Waals surface area contributed by atoms with Gasteiger partial charge in [0.25, 0.3) is 5.91 Å². The van der Waals surface area contributed by atoms with Crippen LogP contribution in [0.15, 0.2) is 18.2 Å². The zero-order valence-corrected chi connectivity index (χ0v) is 19.8. The molecule has 1 aliphatic heterocycles. The molecule has 2 aliphatic rings. The summed E-state index contributed by atoms with van der Waals surface area (Å²) in [7, 11) is 0. The Morgan fingerprint density at radius 1 is 1.28 bits per heavy atom. The van der Waals surface area contributed by atoms with Gasteiger partial charge < -0.3 is 15.5 Å². The van der Waals surface area contributed by atoms with E-state index in [9.17, 15) is 14.9 Å². The molecule has 1 aliphatic carbocycles. The minimum absolute atomic E-state index is 0.0674. The van der Waals surface area contributed by atoms with E-state index in [2.05, 4.69) is 23.6 Å². The molecular weight excluding hydrogens is 420 g/mol. The van der Waals surface area contributed by atoms with Crippen molar-refractivity contribution in [2.24, 2.45) is 5.92 Å². The number of carbonyl (C=O) groups is 2. The zero-order chi connectivity index (χ0) is 22.8. The van der Waals surface area contributed by atoms with Gasteiger partial charge >= 0.3 is 0 Å². The van der Waals surface area contributed by atoms with E-state index in [1.54, 1.807) is 11.3 Å². The lowest BCUT2D eigenvalue weighted by atomic mass is 9.89. The molecule has 2 aromatic rings. The van der Waals surface area contributed by atoms with E-state index in [4.69, 9.17) is 0 Å². The lowest BCUT2D eigenvalue weighted by Gasteiger charge is -2.32. The van der Waals surface area contributed by atoms with Gasteiger partial charge in [0.15, 0.2) is 0 Å². The third-order valence-electron chi connectivity index (χ3n) is 6.22. The summed E-state index contributed by atoms with van der Waals surface area (Å²) in [5.41, 5.74) is 4.39. The van der Waals surface area contributed by atoms with Gasteiger partial charge in [0.1, 0.15) is 11.1 Å². The van der Waals surface area contributed by atoms with Gasteiger partial charge in [0.2, 0.25) is 5.91 Å². The molecule has 2 N–H and O–H groups in total. The van der Waals surface area contributed by atoms with Crippen LogP contribution in [0.25, 0.3) is 0 Å². The number of carbonyl (C=O) groups excluding carboxylic acids is 2. The van der Waals surface area contributed by atoms with Gasteiger partial charge in [-0.3, -0.25) is 9.59 Å². The third kappa shape index (κ3) is 4.51. The second kappa shape index (κ2) is 9.33. The fourth-order valence-corrected chi connectivity index (χ4v) is 6.09. The van der Waals surface area contributed by atoms with Gasteiger partial charge in [-0.25, -0.2) is 0 Å². The number of hydrogen-bond acceptors (Lipinski definition) is 5. The fourth-order valence-electron chi connectivity index (χ4n) is 4.71. The molecule has 2 amide bonds. The molecule has 0 saturated heterocycles. The lowest BCUT2D eigenvalue weighted by Crippen LogP contribution is -2.38. The van der Waals surface area contributed by atoms with E-state index in [0.717, 1.165) is 55.5 Å². The van der Waals surface area contributed by atoms with Crippen LogP contribution in [0.4, 0.5) is 10.7 Å². The van der Waals surface area contributed by atoms with E-state index in [-0.39, 0.29) is 24.4 Å². The number of fused-ring (bicyclic) bond motifs is 2. The van der Waals surface area contributed by atoms with Crippen LogP contribution in [-0.2, 0) is 24.1 Å². The first-order valence-electron chi connectivity index (χ1n) is 11.4. The normalized spacial score (nSPS) is 17.3. The zero-order valence-electron chi connectivity index (χ0n) is 19.0. The van der Waals surface area contributed by atoms with Crippen LogP contribution in [0.5, 0.6) is 0 Å². The molecule has 7 heteroatoms. The number of thiophene rings is 1. The molecule has 0 fully saturated rings. The number of benzene rings is 1. The highest BCUT2D eigenvalue weighted by Gasteiger charge is 2.27. The predicted molar refractivity (Wildman–Crippen MR) is 128 cm³/mol. The molecule has 168 valence electrons. The molecule has 0 spiro atoms. The number of nitrogens with one attached hydrogen (secondary N) is 2. The topological polar surface area (TPSA) is 85.2 Å². The maximum absolute atomic E-state index is 13.0. The minimum atomic E-state index is -0.127. The summed E-state index contributed by atoms with van der Waals surface area (Å²) in [6.45, 7) is 7.09. The van der Waals surface area contributed by atoms with Gasteiger partial charge in [-0.2, -0.15) is 5.26 Å². The second-order valence-electron chi connectivity index (χ2n) is 9.17. The first-order chi connectivity index (χ1) is 15.4. The van der Waals surface area contributed by atoms with Gasteiger partial charge in [0, 0.05) is 28.7 Å². The highest BCUT2D eigenvalue weighted by Crippen LogP contribution is 2.39. The smallest absolute Gasteiger partial charge is 0.251 e. The minimum Gasteiger partial charge on any atom is -0.362 e. The average molecular weight is 451 g/mol. The van der Waals surface area contributed by atoms with Crippen LogP contribution in [0.2, 0.25) is 0 Å². The lowest BCUT2D eigenvalue weighted by molar-refractivity contribution is -0.115. The van der Waals surface area contributed by atoms with Crippen molar-refractivity contribution in [2.45, 2.75) is 58.9 Å². The van der Waals surface area contributed by atoms with Crippen LogP contribution >= 0.6 is 11.3 Å². The second-order valence-corrected chi connectivity index (χ2v) is 10.3. The van der Waals surface area contributed by atoms with Gasteiger partial charge in [-0.1, -0.05) is 13.0 Å². The Balaban J connectivity index is 1.52. The van der Waals surface area contributed by atoms with Crippen molar-refractivity contribution in [2.75, 3.05) is 23.3 Å². The number of hydrogen-bond donors (Lipinski definition) is 2. The van der Waals surface area contributed by atoms with Crippen LogP contribution in [0, 0.1) is 17.2 Å². The van der Waals surface area contributed by atoms with Crippen molar-refractivity contribution in [1.82, 2.24) is 5.32 Å². The Labute approximate surface area is 193 Å². The number of rotatable bonds is 5. The molecule has 1 unspecified atom stereocenters. The van der Waals surface area contributed by atoms with Crippen molar-refractivity contribution >= 4 is 33.8 Å². The summed E-state index contributed by atoms with van der Waals surface area (Å²) in [5.74, 6) is 0.418. The Kier molecular flexibility index (Phi) is 6.52. The maximum Gasteiger partial charge on any atom is 0.251 e. The molecule has 0 saturated carbocycles. The summed E-state index contributed by atoms with van der Waals surface area (Å²) in [6, 6.07) is 8.11.